The average molecular weight is 328 g/mol. The maximum Gasteiger partial charge on any atom is 0.338 e. The molecule has 0 spiro atoms. The molecule has 1 aromatic carbocycles. The summed E-state index contributed by atoms with van der Waals surface area (Å²) in [5, 5.41) is 7.37. The number of benzene rings is 1. The second-order valence-corrected chi connectivity index (χ2v) is 6.02. The summed E-state index contributed by atoms with van der Waals surface area (Å²) in [6, 6.07) is 10.1. The predicted molar refractivity (Wildman–Crippen MR) is 83.4 cm³/mol. The van der Waals surface area contributed by atoms with Crippen molar-refractivity contribution in [3.8, 4) is 11.5 Å². The van der Waals surface area contributed by atoms with Gasteiger partial charge in [-0.15, -0.1) is 21.5 Å². The van der Waals surface area contributed by atoms with Crippen LogP contribution in [0.5, 0.6) is 0 Å². The van der Waals surface area contributed by atoms with E-state index in [1.807, 2.05) is 13.0 Å². The van der Waals surface area contributed by atoms with Gasteiger partial charge in [0.1, 0.15) is 0 Å². The Balaban J connectivity index is 1.61. The van der Waals surface area contributed by atoms with Crippen molar-refractivity contribution in [1.82, 2.24) is 10.2 Å². The molecule has 3 rings (SSSR count). The van der Waals surface area contributed by atoms with Gasteiger partial charge in [0, 0.05) is 10.4 Å². The molecule has 0 aliphatic carbocycles. The molecule has 0 saturated carbocycles. The van der Waals surface area contributed by atoms with Crippen molar-refractivity contribution in [3.63, 3.8) is 0 Å². The Bertz CT molecular complexity index is 822. The largest absolute Gasteiger partial charge is 0.454 e. The first kappa shape index (κ1) is 15.1. The number of thiophene rings is 1. The number of aromatic nitrogens is 2. The van der Waals surface area contributed by atoms with E-state index in [1.54, 1.807) is 30.3 Å². The Hall–Kier alpha value is -2.80. The third-order valence-corrected chi connectivity index (χ3v) is 4.12. The fourth-order valence-electron chi connectivity index (χ4n) is 1.92. The summed E-state index contributed by atoms with van der Waals surface area (Å²) in [6.45, 7) is 1.64. The van der Waals surface area contributed by atoms with Crippen LogP contribution in [0.15, 0.2) is 47.2 Å². The fourth-order valence-corrected chi connectivity index (χ4v) is 2.71. The maximum absolute atomic E-state index is 12.0. The lowest BCUT2D eigenvalue weighted by molar-refractivity contribution is 0.0476. The van der Waals surface area contributed by atoms with Crippen LogP contribution >= 0.6 is 11.3 Å². The molecule has 23 heavy (non-hydrogen) atoms. The number of rotatable bonds is 5. The van der Waals surface area contributed by atoms with Crippen LogP contribution in [-0.4, -0.2) is 28.6 Å². The van der Waals surface area contributed by atoms with Crippen LogP contribution in [0.2, 0.25) is 0 Å². The Morgan fingerprint density at radius 3 is 2.57 bits per heavy atom. The summed E-state index contributed by atoms with van der Waals surface area (Å²) in [5.74, 6) is -0.393. The van der Waals surface area contributed by atoms with Crippen LogP contribution in [0.3, 0.4) is 0 Å². The molecule has 0 bridgehead atoms. The molecule has 0 aliphatic rings. The number of esters is 1. The highest BCUT2D eigenvalue weighted by Crippen LogP contribution is 2.18. The number of carbonyl (C=O) groups is 2. The third kappa shape index (κ3) is 3.51. The van der Waals surface area contributed by atoms with Crippen LogP contribution in [-0.2, 0) is 4.74 Å². The van der Waals surface area contributed by atoms with Crippen LogP contribution in [0.1, 0.15) is 24.9 Å². The first-order chi connectivity index (χ1) is 11.1. The Kier molecular flexibility index (Phi) is 4.29. The van der Waals surface area contributed by atoms with Gasteiger partial charge in [-0.1, -0.05) is 0 Å². The van der Waals surface area contributed by atoms with E-state index in [-0.39, 0.29) is 12.4 Å². The molecule has 116 valence electrons. The summed E-state index contributed by atoms with van der Waals surface area (Å²) in [6.07, 6.45) is 1.23. The normalized spacial score (nSPS) is 10.5. The number of aryl methyl sites for hydroxylation is 1. The van der Waals surface area contributed by atoms with E-state index in [9.17, 15) is 9.59 Å². The molecule has 7 heteroatoms. The molecule has 0 unspecified atom stereocenters. The molecule has 0 aliphatic heterocycles. The highest BCUT2D eigenvalue weighted by Gasteiger charge is 2.13. The van der Waals surface area contributed by atoms with Gasteiger partial charge < -0.3 is 9.15 Å². The number of ether oxygens (including phenoxy) is 1. The third-order valence-electron chi connectivity index (χ3n) is 3.08. The minimum Gasteiger partial charge on any atom is -0.454 e. The van der Waals surface area contributed by atoms with Gasteiger partial charge in [0.2, 0.25) is 18.1 Å². The van der Waals surface area contributed by atoms with Crippen molar-refractivity contribution in [1.29, 1.82) is 0 Å². The quantitative estimate of drug-likeness (QED) is 0.528. The van der Waals surface area contributed by atoms with Crippen LogP contribution in [0, 0.1) is 6.92 Å². The van der Waals surface area contributed by atoms with Crippen LogP contribution in [0.4, 0.5) is 0 Å². The molecular weight excluding hydrogens is 316 g/mol. The molecule has 0 amide bonds. The summed E-state index contributed by atoms with van der Waals surface area (Å²) < 4.78 is 10.1. The molecule has 0 fully saturated rings. The smallest absolute Gasteiger partial charge is 0.338 e. The SMILES string of the molecule is Cc1ccc(C(=O)COC(=O)c2ccc(-c3nnco3)cc2)s1. The number of hydrogen-bond donors (Lipinski definition) is 0. The zero-order valence-corrected chi connectivity index (χ0v) is 13.0. The first-order valence-corrected chi connectivity index (χ1v) is 7.58. The second-order valence-electron chi connectivity index (χ2n) is 4.73. The van der Waals surface area contributed by atoms with Crippen molar-refractivity contribution in [2.24, 2.45) is 0 Å². The molecule has 0 saturated heterocycles. The molecule has 3 aromatic rings. The molecule has 0 radical (unpaired) electrons. The monoisotopic (exact) mass is 328 g/mol. The van der Waals surface area contributed by atoms with Gasteiger partial charge in [-0.2, -0.15) is 0 Å². The van der Waals surface area contributed by atoms with Crippen molar-refractivity contribution in [3.05, 3.63) is 58.1 Å². The Morgan fingerprint density at radius 2 is 1.96 bits per heavy atom. The van der Waals surface area contributed by atoms with Gasteiger partial charge >= 0.3 is 5.97 Å². The van der Waals surface area contributed by atoms with E-state index in [0.29, 0.717) is 21.9 Å². The number of nitrogens with zero attached hydrogens (tertiary/aromatic N) is 2. The van der Waals surface area contributed by atoms with Gasteiger partial charge in [-0.25, -0.2) is 4.79 Å². The van der Waals surface area contributed by atoms with Crippen LogP contribution < -0.4 is 0 Å². The van der Waals surface area contributed by atoms with Crippen molar-refractivity contribution in [2.75, 3.05) is 6.61 Å². The predicted octanol–water partition coefficient (Wildman–Crippen LogP) is 3.15. The van der Waals surface area contributed by atoms with Gasteiger partial charge in [-0.3, -0.25) is 4.79 Å². The van der Waals surface area contributed by atoms with Crippen LogP contribution in [0.25, 0.3) is 11.5 Å². The number of ketones is 1. The molecular formula is C16H12N2O4S. The van der Waals surface area contributed by atoms with Gasteiger partial charge in [-0.05, 0) is 43.3 Å². The van der Waals surface area contributed by atoms with Crippen molar-refractivity contribution >= 4 is 23.1 Å². The van der Waals surface area contributed by atoms with E-state index >= 15 is 0 Å². The van der Waals surface area contributed by atoms with Gasteiger partial charge in [0.15, 0.2) is 6.61 Å². The highest BCUT2D eigenvalue weighted by atomic mass is 32.1. The maximum atomic E-state index is 12.0. The number of carbonyl (C=O) groups excluding carboxylic acids is 2. The van der Waals surface area contributed by atoms with E-state index in [2.05, 4.69) is 10.2 Å². The lowest BCUT2D eigenvalue weighted by Crippen LogP contribution is -2.13. The van der Waals surface area contributed by atoms with E-state index in [1.165, 1.54) is 17.7 Å². The summed E-state index contributed by atoms with van der Waals surface area (Å²) in [4.78, 5) is 25.5. The lowest BCUT2D eigenvalue weighted by Gasteiger charge is -2.04. The summed E-state index contributed by atoms with van der Waals surface area (Å²) in [7, 11) is 0. The molecule has 0 N–H and O–H groups in total. The minimum absolute atomic E-state index is 0.209. The number of hydrogen-bond acceptors (Lipinski definition) is 7. The number of Topliss-reactive ketones (excluding diaryl/α,β-unsaturated/α-hetero) is 1. The van der Waals surface area contributed by atoms with E-state index < -0.39 is 5.97 Å². The first-order valence-electron chi connectivity index (χ1n) is 6.77. The average Bonchev–Trinajstić information content (AvgIpc) is 3.24. The molecule has 0 atom stereocenters. The second kappa shape index (κ2) is 6.53. The zero-order chi connectivity index (χ0) is 16.2. The zero-order valence-electron chi connectivity index (χ0n) is 12.2. The van der Waals surface area contributed by atoms with Gasteiger partial charge in [0.05, 0.1) is 10.4 Å². The molecule has 2 heterocycles. The molecule has 2 aromatic heterocycles. The minimum atomic E-state index is -0.552. The fraction of sp³-hybridized carbons (Fsp3) is 0.125. The highest BCUT2D eigenvalue weighted by molar-refractivity contribution is 7.14. The van der Waals surface area contributed by atoms with Gasteiger partial charge in [0.25, 0.3) is 0 Å². The Morgan fingerprint density at radius 1 is 1.17 bits per heavy atom. The van der Waals surface area contributed by atoms with Crippen molar-refractivity contribution in [2.45, 2.75) is 6.92 Å². The van der Waals surface area contributed by atoms with E-state index in [0.717, 1.165) is 4.88 Å². The lowest BCUT2D eigenvalue weighted by atomic mass is 10.1. The van der Waals surface area contributed by atoms with Crippen molar-refractivity contribution < 1.29 is 18.7 Å². The molecule has 6 nitrogen and oxygen atoms in total. The summed E-state index contributed by atoms with van der Waals surface area (Å²) >= 11 is 1.38. The summed E-state index contributed by atoms with van der Waals surface area (Å²) in [5.41, 5.74) is 1.05. The Labute approximate surface area is 135 Å². The standard InChI is InChI=1S/C16H12N2O4S/c1-10-2-7-14(23-10)13(19)8-21-16(20)12-5-3-11(4-6-12)15-18-17-9-22-15/h2-7,9H,8H2,1H3. The van der Waals surface area contributed by atoms with E-state index in [4.69, 9.17) is 9.15 Å². The topological polar surface area (TPSA) is 82.3 Å².